The first-order chi connectivity index (χ1) is 8.75. The Bertz CT molecular complexity index is 238. The van der Waals surface area contributed by atoms with Crippen LogP contribution in [0.25, 0.3) is 0 Å². The molecule has 1 aliphatic heterocycles. The van der Waals surface area contributed by atoms with Gasteiger partial charge in [-0.1, -0.05) is 32.6 Å². The summed E-state index contributed by atoms with van der Waals surface area (Å²) in [5.41, 5.74) is -0.440. The molecule has 0 aromatic rings. The lowest BCUT2D eigenvalue weighted by Gasteiger charge is -2.35. The molecular formula is C14H28N2O2. The number of rotatable bonds is 8. The number of carbonyl (C=O) groups is 1. The Hall–Kier alpha value is -0.610. The van der Waals surface area contributed by atoms with Crippen LogP contribution in [0.5, 0.6) is 0 Å². The Morgan fingerprint density at radius 2 is 1.89 bits per heavy atom. The molecule has 1 fully saturated rings. The second-order valence-electron chi connectivity index (χ2n) is 5.16. The topological polar surface area (TPSA) is 50.4 Å². The third-order valence-electron chi connectivity index (χ3n) is 3.78. The Kier molecular flexibility index (Phi) is 7.28. The minimum atomic E-state index is -0.440. The molecule has 0 radical (unpaired) electrons. The van der Waals surface area contributed by atoms with Crippen molar-refractivity contribution in [3.05, 3.63) is 0 Å². The number of nitrogens with one attached hydrogen (secondary N) is 2. The monoisotopic (exact) mass is 256 g/mol. The number of hydrogen-bond acceptors (Lipinski definition) is 4. The highest BCUT2D eigenvalue weighted by Crippen LogP contribution is 2.20. The van der Waals surface area contributed by atoms with Gasteiger partial charge in [0.1, 0.15) is 5.54 Å². The maximum atomic E-state index is 11.9. The molecule has 0 amide bonds. The number of esters is 1. The highest BCUT2D eigenvalue weighted by atomic mass is 16.5. The fraction of sp³-hybridized carbons (Fsp3) is 0.929. The van der Waals surface area contributed by atoms with Crippen LogP contribution >= 0.6 is 0 Å². The van der Waals surface area contributed by atoms with E-state index in [9.17, 15) is 4.79 Å². The summed E-state index contributed by atoms with van der Waals surface area (Å²) in [6.45, 7) is 4.91. The number of methoxy groups -OCH3 is 1. The molecule has 0 aliphatic carbocycles. The first kappa shape index (κ1) is 15.4. The molecule has 18 heavy (non-hydrogen) atoms. The van der Waals surface area contributed by atoms with Crippen molar-refractivity contribution in [2.24, 2.45) is 0 Å². The van der Waals surface area contributed by atoms with Crippen molar-refractivity contribution in [3.8, 4) is 0 Å². The normalized spacial score (nSPS) is 18.6. The summed E-state index contributed by atoms with van der Waals surface area (Å²) < 4.78 is 4.96. The molecule has 0 saturated carbocycles. The van der Waals surface area contributed by atoms with Gasteiger partial charge >= 0.3 is 5.97 Å². The lowest BCUT2D eigenvalue weighted by atomic mass is 9.88. The van der Waals surface area contributed by atoms with E-state index in [-0.39, 0.29) is 5.97 Å². The van der Waals surface area contributed by atoms with E-state index in [2.05, 4.69) is 17.6 Å². The number of unbranched alkanes of at least 4 members (excludes halogenated alkanes) is 4. The fourth-order valence-corrected chi connectivity index (χ4v) is 2.56. The zero-order chi connectivity index (χ0) is 13.3. The molecule has 1 saturated heterocycles. The van der Waals surface area contributed by atoms with Gasteiger partial charge in [0.25, 0.3) is 0 Å². The molecule has 0 aromatic carbocycles. The van der Waals surface area contributed by atoms with Crippen LogP contribution < -0.4 is 10.6 Å². The first-order valence-corrected chi connectivity index (χ1v) is 7.29. The summed E-state index contributed by atoms with van der Waals surface area (Å²) in [7, 11) is 1.48. The van der Waals surface area contributed by atoms with E-state index in [1.165, 1.54) is 32.8 Å². The van der Waals surface area contributed by atoms with E-state index in [4.69, 9.17) is 4.74 Å². The Balaban J connectivity index is 2.30. The van der Waals surface area contributed by atoms with Crippen molar-refractivity contribution in [3.63, 3.8) is 0 Å². The predicted molar refractivity (Wildman–Crippen MR) is 73.6 cm³/mol. The predicted octanol–water partition coefficient (Wildman–Crippen LogP) is 1.84. The molecule has 0 atom stereocenters. The molecule has 106 valence electrons. The lowest BCUT2D eigenvalue weighted by Crippen LogP contribution is -2.58. The molecule has 0 unspecified atom stereocenters. The van der Waals surface area contributed by atoms with E-state index in [1.807, 2.05) is 0 Å². The van der Waals surface area contributed by atoms with E-state index in [0.29, 0.717) is 0 Å². The third-order valence-corrected chi connectivity index (χ3v) is 3.78. The Labute approximate surface area is 111 Å². The molecular weight excluding hydrogens is 228 g/mol. The number of carbonyl (C=O) groups excluding carboxylic acids is 1. The average Bonchev–Trinajstić information content (AvgIpc) is 2.43. The second kappa shape index (κ2) is 8.48. The van der Waals surface area contributed by atoms with E-state index >= 15 is 0 Å². The van der Waals surface area contributed by atoms with Gasteiger partial charge in [-0.05, 0) is 38.9 Å². The van der Waals surface area contributed by atoms with Crippen LogP contribution in [0.2, 0.25) is 0 Å². The van der Waals surface area contributed by atoms with Gasteiger partial charge in [0.05, 0.1) is 7.11 Å². The zero-order valence-corrected chi connectivity index (χ0v) is 11.9. The van der Waals surface area contributed by atoms with Crippen LogP contribution in [0.4, 0.5) is 0 Å². The minimum Gasteiger partial charge on any atom is -0.468 e. The molecule has 4 heteroatoms. The summed E-state index contributed by atoms with van der Waals surface area (Å²) >= 11 is 0. The van der Waals surface area contributed by atoms with Gasteiger partial charge in [0, 0.05) is 0 Å². The highest BCUT2D eigenvalue weighted by Gasteiger charge is 2.39. The summed E-state index contributed by atoms with van der Waals surface area (Å²) in [4.78, 5) is 11.9. The summed E-state index contributed by atoms with van der Waals surface area (Å²) in [5, 5.41) is 6.74. The minimum absolute atomic E-state index is 0.0995. The van der Waals surface area contributed by atoms with Crippen LogP contribution in [0, 0.1) is 0 Å². The van der Waals surface area contributed by atoms with Crippen LogP contribution in [-0.4, -0.2) is 38.3 Å². The number of piperidine rings is 1. The van der Waals surface area contributed by atoms with Crippen LogP contribution in [0.1, 0.15) is 51.9 Å². The van der Waals surface area contributed by atoms with Crippen molar-refractivity contribution in [1.29, 1.82) is 0 Å². The second-order valence-corrected chi connectivity index (χ2v) is 5.16. The van der Waals surface area contributed by atoms with Crippen molar-refractivity contribution < 1.29 is 9.53 Å². The lowest BCUT2D eigenvalue weighted by molar-refractivity contribution is -0.149. The maximum absolute atomic E-state index is 11.9. The summed E-state index contributed by atoms with van der Waals surface area (Å²) in [6, 6.07) is 0. The van der Waals surface area contributed by atoms with Crippen molar-refractivity contribution in [2.75, 3.05) is 26.7 Å². The van der Waals surface area contributed by atoms with Gasteiger partial charge in [-0.25, -0.2) is 0 Å². The SMILES string of the molecule is CCCCCCCNC1(C(=O)OC)CCNCC1. The number of ether oxygens (including phenoxy) is 1. The smallest absolute Gasteiger partial charge is 0.326 e. The molecule has 2 N–H and O–H groups in total. The Morgan fingerprint density at radius 1 is 1.22 bits per heavy atom. The largest absolute Gasteiger partial charge is 0.468 e. The quantitative estimate of drug-likeness (QED) is 0.514. The standard InChI is InChI=1S/C14H28N2O2/c1-3-4-5-6-7-10-16-14(13(17)18-2)8-11-15-12-9-14/h15-16H,3-12H2,1-2H3. The molecule has 1 rings (SSSR count). The fourth-order valence-electron chi connectivity index (χ4n) is 2.56. The van der Waals surface area contributed by atoms with Crippen molar-refractivity contribution in [2.45, 2.75) is 57.4 Å². The summed E-state index contributed by atoms with van der Waals surface area (Å²) in [6.07, 6.45) is 7.92. The van der Waals surface area contributed by atoms with Crippen LogP contribution in [0.3, 0.4) is 0 Å². The number of hydrogen-bond donors (Lipinski definition) is 2. The van der Waals surface area contributed by atoms with Gasteiger partial charge in [0.15, 0.2) is 0 Å². The molecule has 1 heterocycles. The molecule has 1 aliphatic rings. The third kappa shape index (κ3) is 4.58. The average molecular weight is 256 g/mol. The zero-order valence-electron chi connectivity index (χ0n) is 11.9. The van der Waals surface area contributed by atoms with Crippen LogP contribution in [0.15, 0.2) is 0 Å². The van der Waals surface area contributed by atoms with Gasteiger partial charge < -0.3 is 15.4 Å². The van der Waals surface area contributed by atoms with Crippen LogP contribution in [-0.2, 0) is 9.53 Å². The van der Waals surface area contributed by atoms with Gasteiger partial charge in [-0.15, -0.1) is 0 Å². The highest BCUT2D eigenvalue weighted by molar-refractivity contribution is 5.81. The van der Waals surface area contributed by atoms with Crippen molar-refractivity contribution in [1.82, 2.24) is 10.6 Å². The first-order valence-electron chi connectivity index (χ1n) is 7.29. The van der Waals surface area contributed by atoms with E-state index in [0.717, 1.165) is 38.9 Å². The molecule has 0 spiro atoms. The van der Waals surface area contributed by atoms with Gasteiger partial charge in [0.2, 0.25) is 0 Å². The van der Waals surface area contributed by atoms with Gasteiger partial charge in [-0.2, -0.15) is 0 Å². The molecule has 0 bridgehead atoms. The molecule has 0 aromatic heterocycles. The molecule has 4 nitrogen and oxygen atoms in total. The maximum Gasteiger partial charge on any atom is 0.326 e. The summed E-state index contributed by atoms with van der Waals surface area (Å²) in [5.74, 6) is -0.0995. The van der Waals surface area contributed by atoms with Crippen molar-refractivity contribution >= 4 is 5.97 Å². The van der Waals surface area contributed by atoms with Gasteiger partial charge in [-0.3, -0.25) is 4.79 Å². The Morgan fingerprint density at radius 3 is 2.50 bits per heavy atom. The van der Waals surface area contributed by atoms with E-state index < -0.39 is 5.54 Å². The van der Waals surface area contributed by atoms with E-state index in [1.54, 1.807) is 0 Å².